The van der Waals surface area contributed by atoms with E-state index in [-0.39, 0.29) is 10.8 Å². The van der Waals surface area contributed by atoms with E-state index in [0.717, 1.165) is 0 Å². The van der Waals surface area contributed by atoms with E-state index in [1.165, 1.54) is 126 Å². The minimum atomic E-state index is -0.0340. The third-order valence-electron chi connectivity index (χ3n) is 13.1. The lowest BCUT2D eigenvalue weighted by molar-refractivity contribution is 0.593. The van der Waals surface area contributed by atoms with Gasteiger partial charge in [0.25, 0.3) is 0 Å². The summed E-state index contributed by atoms with van der Waals surface area (Å²) in [6.45, 7) is 18.7. The lowest BCUT2D eigenvalue weighted by Gasteiger charge is -2.30. The maximum absolute atomic E-state index is 2.50. The number of fused-ring (bicyclic) bond motifs is 6. The highest BCUT2D eigenvalue weighted by Crippen LogP contribution is 2.46. The molecular weight excluding hydrogens is 687 g/mol. The van der Waals surface area contributed by atoms with Gasteiger partial charge in [0.05, 0.1) is 5.52 Å². The molecule has 57 heavy (non-hydrogen) atoms. The van der Waals surface area contributed by atoms with Gasteiger partial charge in [0, 0.05) is 16.8 Å². The van der Waals surface area contributed by atoms with Crippen LogP contribution in [0.1, 0.15) is 63.9 Å². The summed E-state index contributed by atoms with van der Waals surface area (Å²) in [7, 11) is 0. The van der Waals surface area contributed by atoms with Gasteiger partial charge in [-0.15, -0.1) is 0 Å². The van der Waals surface area contributed by atoms with Crippen LogP contribution < -0.4 is 0 Å². The van der Waals surface area contributed by atoms with Crippen LogP contribution in [0.5, 0.6) is 0 Å². The molecule has 0 N–H and O–H groups in total. The summed E-state index contributed by atoms with van der Waals surface area (Å²) in [5, 5.41) is 19.8. The highest BCUT2D eigenvalue weighted by Gasteiger charge is 2.28. The summed E-state index contributed by atoms with van der Waals surface area (Å²) < 4.78 is 2.50. The molecule has 1 aromatic heterocycles. The van der Waals surface area contributed by atoms with E-state index in [0.29, 0.717) is 0 Å². The second-order valence-electron chi connectivity index (χ2n) is 18.6. The van der Waals surface area contributed by atoms with Gasteiger partial charge < -0.3 is 4.57 Å². The van der Waals surface area contributed by atoms with Crippen LogP contribution in [0.2, 0.25) is 0 Å². The van der Waals surface area contributed by atoms with Gasteiger partial charge in [-0.05, 0) is 158 Å². The Morgan fingerprint density at radius 2 is 0.947 bits per heavy atom. The molecule has 1 heterocycles. The Morgan fingerprint density at radius 1 is 0.386 bits per heavy atom. The highest BCUT2D eigenvalue weighted by molar-refractivity contribution is 6.26. The Morgan fingerprint density at radius 3 is 1.65 bits per heavy atom. The molecule has 0 unspecified atom stereocenters. The van der Waals surface area contributed by atoms with Crippen LogP contribution in [0.4, 0.5) is 0 Å². The van der Waals surface area contributed by atoms with Gasteiger partial charge in [0.2, 0.25) is 0 Å². The van der Waals surface area contributed by atoms with Gasteiger partial charge in [-0.1, -0.05) is 151 Å². The second-order valence-corrected chi connectivity index (χ2v) is 18.6. The van der Waals surface area contributed by atoms with Crippen LogP contribution in [0.25, 0.3) is 103 Å². The predicted molar refractivity (Wildman–Crippen MR) is 249 cm³/mol. The molecule has 276 valence electrons. The van der Waals surface area contributed by atoms with Crippen molar-refractivity contribution in [3.05, 3.63) is 162 Å². The first kappa shape index (κ1) is 34.1. The fourth-order valence-corrected chi connectivity index (χ4v) is 10.5. The summed E-state index contributed by atoms with van der Waals surface area (Å²) in [6.07, 6.45) is 0. The Balaban J connectivity index is 1.10. The van der Waals surface area contributed by atoms with Gasteiger partial charge >= 0.3 is 0 Å². The van der Waals surface area contributed by atoms with Crippen molar-refractivity contribution >= 4 is 86.3 Å². The standard InChI is InChI=1S/C56H47N/c1-32-33(2)57(40-23-27-46-49(30-40)54(56(6,7)8)45-15-10-9-14-44(45)53(46)55(3,4)5)50-29-39-19-18-37-28-38(22-25-42(37)48(39)31-47(32)50)41-24-20-36-17-16-34-12-11-13-35-21-26-43(41)52(36)51(34)35/h9-31H,1-8H3. The number of aromatic nitrogens is 1. The van der Waals surface area contributed by atoms with Crippen molar-refractivity contribution in [3.63, 3.8) is 0 Å². The lowest BCUT2D eigenvalue weighted by atomic mass is 9.74. The first-order chi connectivity index (χ1) is 27.4. The summed E-state index contributed by atoms with van der Waals surface area (Å²) >= 11 is 0. The SMILES string of the molecule is Cc1c(C)n(-c2ccc3c(C(C)(C)C)c4ccccc4c(C(C)(C)C)c3c2)c2cc3ccc4cc(-c5ccc6ccc7cccc8ccc5c6c78)ccc4c3cc12. The van der Waals surface area contributed by atoms with Crippen LogP contribution in [-0.4, -0.2) is 4.57 Å². The topological polar surface area (TPSA) is 4.93 Å². The molecule has 1 nitrogen and oxygen atoms in total. The van der Waals surface area contributed by atoms with Gasteiger partial charge in [-0.3, -0.25) is 0 Å². The molecular formula is C56H47N. The van der Waals surface area contributed by atoms with Crippen molar-refractivity contribution < 1.29 is 0 Å². The van der Waals surface area contributed by atoms with Crippen molar-refractivity contribution in [2.24, 2.45) is 0 Å². The molecule has 0 atom stereocenters. The molecule has 0 aliphatic carbocycles. The first-order valence-corrected chi connectivity index (χ1v) is 20.5. The van der Waals surface area contributed by atoms with Crippen LogP contribution in [0.3, 0.4) is 0 Å². The summed E-state index contributed by atoms with van der Waals surface area (Å²) in [6, 6.07) is 53.3. The van der Waals surface area contributed by atoms with Gasteiger partial charge in [-0.2, -0.15) is 0 Å². The molecule has 0 saturated carbocycles. The zero-order valence-corrected chi connectivity index (χ0v) is 34.2. The fourth-order valence-electron chi connectivity index (χ4n) is 10.5. The molecule has 11 rings (SSSR count). The monoisotopic (exact) mass is 733 g/mol. The maximum atomic E-state index is 2.50. The maximum Gasteiger partial charge on any atom is 0.0540 e. The lowest BCUT2D eigenvalue weighted by Crippen LogP contribution is -2.17. The molecule has 0 aliphatic rings. The average Bonchev–Trinajstić information content (AvgIpc) is 3.44. The van der Waals surface area contributed by atoms with E-state index >= 15 is 0 Å². The number of hydrogen-bond acceptors (Lipinski definition) is 0. The molecule has 0 saturated heterocycles. The number of nitrogens with zero attached hydrogens (tertiary/aromatic N) is 1. The molecule has 11 aromatic rings. The highest BCUT2D eigenvalue weighted by atomic mass is 15.0. The first-order valence-electron chi connectivity index (χ1n) is 20.5. The summed E-state index contributed by atoms with van der Waals surface area (Å²) in [5.41, 5.74) is 10.5. The average molecular weight is 734 g/mol. The second kappa shape index (κ2) is 11.7. The Labute approximate surface area is 334 Å². The normalized spacial score (nSPS) is 12.9. The smallest absolute Gasteiger partial charge is 0.0540 e. The van der Waals surface area contributed by atoms with Crippen molar-refractivity contribution in [2.45, 2.75) is 66.2 Å². The molecule has 10 aromatic carbocycles. The molecule has 0 spiro atoms. The number of rotatable bonds is 2. The van der Waals surface area contributed by atoms with E-state index in [1.54, 1.807) is 0 Å². The Kier molecular flexibility index (Phi) is 6.99. The van der Waals surface area contributed by atoms with E-state index in [4.69, 9.17) is 0 Å². The molecule has 0 fully saturated rings. The molecule has 0 aliphatic heterocycles. The van der Waals surface area contributed by atoms with Crippen LogP contribution >= 0.6 is 0 Å². The molecule has 0 bridgehead atoms. The molecule has 1 heteroatoms. The minimum absolute atomic E-state index is 0.00711. The van der Waals surface area contributed by atoms with Crippen molar-refractivity contribution in [1.29, 1.82) is 0 Å². The Bertz CT molecular complexity index is 3470. The number of aryl methyl sites for hydroxylation is 1. The third kappa shape index (κ3) is 4.88. The van der Waals surface area contributed by atoms with E-state index < -0.39 is 0 Å². The summed E-state index contributed by atoms with van der Waals surface area (Å²) in [4.78, 5) is 0. The van der Waals surface area contributed by atoms with Gasteiger partial charge in [0.1, 0.15) is 0 Å². The molecule has 0 radical (unpaired) electrons. The van der Waals surface area contributed by atoms with Crippen molar-refractivity contribution in [1.82, 2.24) is 4.57 Å². The van der Waals surface area contributed by atoms with Crippen LogP contribution in [0.15, 0.2) is 140 Å². The van der Waals surface area contributed by atoms with Gasteiger partial charge in [0.15, 0.2) is 0 Å². The summed E-state index contributed by atoms with van der Waals surface area (Å²) in [5.74, 6) is 0. The zero-order chi connectivity index (χ0) is 39.1. The van der Waals surface area contributed by atoms with Crippen LogP contribution in [0, 0.1) is 13.8 Å². The van der Waals surface area contributed by atoms with E-state index in [2.05, 4.69) is 199 Å². The van der Waals surface area contributed by atoms with Gasteiger partial charge in [-0.25, -0.2) is 0 Å². The fraction of sp³-hybridized carbons (Fsp3) is 0.179. The van der Waals surface area contributed by atoms with E-state index in [9.17, 15) is 0 Å². The van der Waals surface area contributed by atoms with Crippen molar-refractivity contribution in [2.75, 3.05) is 0 Å². The third-order valence-corrected chi connectivity index (χ3v) is 13.1. The molecule has 0 amide bonds. The predicted octanol–water partition coefficient (Wildman–Crippen LogP) is 16.0. The van der Waals surface area contributed by atoms with Crippen LogP contribution in [-0.2, 0) is 10.8 Å². The van der Waals surface area contributed by atoms with E-state index in [1.807, 2.05) is 0 Å². The Hall–Kier alpha value is -6.18. The number of benzene rings is 10. The number of hydrogen-bond donors (Lipinski definition) is 0. The zero-order valence-electron chi connectivity index (χ0n) is 34.2. The minimum Gasteiger partial charge on any atom is -0.314 e. The van der Waals surface area contributed by atoms with Crippen molar-refractivity contribution in [3.8, 4) is 16.8 Å². The largest absolute Gasteiger partial charge is 0.314 e. The quantitative estimate of drug-likeness (QED) is 0.123.